The second-order valence-corrected chi connectivity index (χ2v) is 6.51. The van der Waals surface area contributed by atoms with E-state index in [1.54, 1.807) is 32.9 Å². The van der Waals surface area contributed by atoms with Crippen LogP contribution in [0, 0.1) is 0 Å². The molecule has 0 heterocycles. The molecule has 0 radical (unpaired) electrons. The molecule has 1 atom stereocenters. The number of esters is 1. The van der Waals surface area contributed by atoms with Crippen molar-refractivity contribution in [1.29, 1.82) is 0 Å². The van der Waals surface area contributed by atoms with Crippen LogP contribution in [0.15, 0.2) is 24.3 Å². The third-order valence-electron chi connectivity index (χ3n) is 3.07. The van der Waals surface area contributed by atoms with E-state index in [0.29, 0.717) is 5.56 Å². The van der Waals surface area contributed by atoms with Crippen LogP contribution in [0.4, 0.5) is 0 Å². The zero-order valence-electron chi connectivity index (χ0n) is 13.7. The van der Waals surface area contributed by atoms with Gasteiger partial charge in [0.1, 0.15) is 6.04 Å². The molecule has 0 aromatic heterocycles. The minimum absolute atomic E-state index is 0.0450. The summed E-state index contributed by atoms with van der Waals surface area (Å²) < 4.78 is 5.06. The largest absolute Gasteiger partial charge is 0.461 e. The Balaban J connectivity index is 2.70. The average Bonchev–Trinajstić information content (AvgIpc) is 2.36. The second kappa shape index (κ2) is 6.74. The van der Waals surface area contributed by atoms with E-state index in [9.17, 15) is 9.59 Å². The Hall–Kier alpha value is -1.84. The molecular weight excluding hydrogens is 266 g/mol. The molecule has 1 N–H and O–H groups in total. The van der Waals surface area contributed by atoms with E-state index in [2.05, 4.69) is 26.1 Å². The number of ether oxygens (including phenoxy) is 1. The van der Waals surface area contributed by atoms with Gasteiger partial charge in [-0.3, -0.25) is 4.79 Å². The summed E-state index contributed by atoms with van der Waals surface area (Å²) in [5, 5.41) is 2.65. The molecule has 0 bridgehead atoms. The van der Waals surface area contributed by atoms with E-state index in [0.717, 1.165) is 5.56 Å². The number of hydrogen-bond acceptors (Lipinski definition) is 3. The van der Waals surface area contributed by atoms with Crippen LogP contribution in [0.3, 0.4) is 0 Å². The first kappa shape index (κ1) is 17.2. The molecule has 0 saturated carbocycles. The van der Waals surface area contributed by atoms with E-state index in [1.807, 2.05) is 12.1 Å². The summed E-state index contributed by atoms with van der Waals surface area (Å²) in [6.07, 6.45) is -0.192. The lowest BCUT2D eigenvalue weighted by atomic mass is 9.86. The van der Waals surface area contributed by atoms with Gasteiger partial charge in [-0.25, -0.2) is 4.79 Å². The molecule has 4 heteroatoms. The lowest BCUT2D eigenvalue weighted by Gasteiger charge is -2.19. The Morgan fingerprint density at radius 3 is 2.00 bits per heavy atom. The Morgan fingerprint density at radius 2 is 1.57 bits per heavy atom. The van der Waals surface area contributed by atoms with Crippen LogP contribution in [-0.2, 0) is 14.9 Å². The van der Waals surface area contributed by atoms with Crippen molar-refractivity contribution >= 4 is 11.9 Å². The van der Waals surface area contributed by atoms with Crippen molar-refractivity contribution in [1.82, 2.24) is 5.32 Å². The first-order chi connectivity index (χ1) is 9.61. The SMILES string of the molecule is CC(C)OC(=O)C(C)NC(=O)c1ccc(C(C)(C)C)cc1. The van der Waals surface area contributed by atoms with E-state index in [4.69, 9.17) is 4.74 Å². The normalized spacial score (nSPS) is 12.9. The van der Waals surface area contributed by atoms with Gasteiger partial charge in [0.15, 0.2) is 0 Å². The molecule has 1 aromatic carbocycles. The van der Waals surface area contributed by atoms with Crippen molar-refractivity contribution in [2.24, 2.45) is 0 Å². The van der Waals surface area contributed by atoms with Crippen LogP contribution < -0.4 is 5.32 Å². The van der Waals surface area contributed by atoms with Crippen molar-refractivity contribution in [3.8, 4) is 0 Å². The molecule has 0 spiro atoms. The summed E-state index contributed by atoms with van der Waals surface area (Å²) in [4.78, 5) is 23.8. The molecule has 0 aliphatic carbocycles. The zero-order valence-corrected chi connectivity index (χ0v) is 13.7. The standard InChI is InChI=1S/C17H25NO3/c1-11(2)21-16(20)12(3)18-15(19)13-7-9-14(10-8-13)17(4,5)6/h7-12H,1-6H3,(H,18,19). The highest BCUT2D eigenvalue weighted by Crippen LogP contribution is 2.22. The number of benzene rings is 1. The minimum atomic E-state index is -0.665. The zero-order chi connectivity index (χ0) is 16.2. The molecule has 1 unspecified atom stereocenters. The molecule has 1 rings (SSSR count). The summed E-state index contributed by atoms with van der Waals surface area (Å²) in [5.74, 6) is -0.701. The predicted octanol–water partition coefficient (Wildman–Crippen LogP) is 3.05. The molecule has 0 aliphatic heterocycles. The van der Waals surface area contributed by atoms with Crippen LogP contribution in [0.25, 0.3) is 0 Å². The fourth-order valence-corrected chi connectivity index (χ4v) is 1.79. The van der Waals surface area contributed by atoms with E-state index >= 15 is 0 Å². The molecule has 1 aromatic rings. The van der Waals surface area contributed by atoms with Crippen LogP contribution >= 0.6 is 0 Å². The van der Waals surface area contributed by atoms with Gasteiger partial charge in [0.25, 0.3) is 5.91 Å². The first-order valence-electron chi connectivity index (χ1n) is 7.23. The molecule has 21 heavy (non-hydrogen) atoms. The fraction of sp³-hybridized carbons (Fsp3) is 0.529. The summed E-state index contributed by atoms with van der Waals surface area (Å²) in [6.45, 7) is 11.5. The quantitative estimate of drug-likeness (QED) is 0.867. The lowest BCUT2D eigenvalue weighted by Crippen LogP contribution is -2.40. The van der Waals surface area contributed by atoms with Gasteiger partial charge in [-0.1, -0.05) is 32.9 Å². The van der Waals surface area contributed by atoms with Crippen molar-refractivity contribution in [3.05, 3.63) is 35.4 Å². The van der Waals surface area contributed by atoms with Crippen LogP contribution in [0.5, 0.6) is 0 Å². The molecule has 116 valence electrons. The van der Waals surface area contributed by atoms with Gasteiger partial charge in [-0.2, -0.15) is 0 Å². The maximum atomic E-state index is 12.1. The molecule has 1 amide bonds. The number of nitrogens with one attached hydrogen (secondary N) is 1. The molecule has 4 nitrogen and oxygen atoms in total. The van der Waals surface area contributed by atoms with Gasteiger partial charge in [0.2, 0.25) is 0 Å². The Kier molecular flexibility index (Phi) is 5.53. The summed E-state index contributed by atoms with van der Waals surface area (Å²) in [5.41, 5.74) is 1.74. The monoisotopic (exact) mass is 291 g/mol. The summed E-state index contributed by atoms with van der Waals surface area (Å²) in [6, 6.07) is 6.76. The third-order valence-corrected chi connectivity index (χ3v) is 3.07. The second-order valence-electron chi connectivity index (χ2n) is 6.51. The number of carbonyl (C=O) groups is 2. The van der Waals surface area contributed by atoms with E-state index < -0.39 is 12.0 Å². The maximum absolute atomic E-state index is 12.1. The van der Waals surface area contributed by atoms with Crippen LogP contribution in [0.2, 0.25) is 0 Å². The highest BCUT2D eigenvalue weighted by Gasteiger charge is 2.19. The van der Waals surface area contributed by atoms with Gasteiger partial charge in [0, 0.05) is 5.56 Å². The third kappa shape index (κ3) is 5.21. The van der Waals surface area contributed by atoms with E-state index in [1.165, 1.54) is 0 Å². The van der Waals surface area contributed by atoms with Crippen molar-refractivity contribution in [3.63, 3.8) is 0 Å². The number of rotatable bonds is 4. The van der Waals surface area contributed by atoms with Gasteiger partial charge in [0.05, 0.1) is 6.10 Å². The summed E-state index contributed by atoms with van der Waals surface area (Å²) in [7, 11) is 0. The van der Waals surface area contributed by atoms with Gasteiger partial charge < -0.3 is 10.1 Å². The highest BCUT2D eigenvalue weighted by molar-refractivity contribution is 5.96. The van der Waals surface area contributed by atoms with E-state index in [-0.39, 0.29) is 17.4 Å². The molecule has 0 saturated heterocycles. The fourth-order valence-electron chi connectivity index (χ4n) is 1.79. The van der Waals surface area contributed by atoms with Gasteiger partial charge >= 0.3 is 5.97 Å². The van der Waals surface area contributed by atoms with Gasteiger partial charge in [-0.15, -0.1) is 0 Å². The van der Waals surface area contributed by atoms with Crippen molar-refractivity contribution < 1.29 is 14.3 Å². The first-order valence-corrected chi connectivity index (χ1v) is 7.23. The Labute approximate surface area is 126 Å². The smallest absolute Gasteiger partial charge is 0.328 e. The topological polar surface area (TPSA) is 55.4 Å². The molecule has 0 aliphatic rings. The molecule has 0 fully saturated rings. The maximum Gasteiger partial charge on any atom is 0.328 e. The van der Waals surface area contributed by atoms with Crippen molar-refractivity contribution in [2.45, 2.75) is 59.1 Å². The number of carbonyl (C=O) groups excluding carboxylic acids is 2. The lowest BCUT2D eigenvalue weighted by molar-refractivity contribution is -0.149. The minimum Gasteiger partial charge on any atom is -0.461 e. The highest BCUT2D eigenvalue weighted by atomic mass is 16.5. The molecular formula is C17H25NO3. The van der Waals surface area contributed by atoms with Crippen molar-refractivity contribution in [2.75, 3.05) is 0 Å². The van der Waals surface area contributed by atoms with Crippen LogP contribution in [0.1, 0.15) is 57.5 Å². The number of amides is 1. The van der Waals surface area contributed by atoms with Crippen LogP contribution in [-0.4, -0.2) is 24.0 Å². The Morgan fingerprint density at radius 1 is 1.05 bits per heavy atom. The predicted molar refractivity (Wildman–Crippen MR) is 83.3 cm³/mol. The van der Waals surface area contributed by atoms with Gasteiger partial charge in [-0.05, 0) is 43.9 Å². The Bertz CT molecular complexity index is 498. The number of hydrogen-bond donors (Lipinski definition) is 1. The summed E-state index contributed by atoms with van der Waals surface area (Å²) >= 11 is 0. The average molecular weight is 291 g/mol.